The molecule has 22 heavy (non-hydrogen) atoms. The highest BCUT2D eigenvalue weighted by molar-refractivity contribution is 5.88. The maximum atomic E-state index is 13.4. The van der Waals surface area contributed by atoms with Crippen LogP contribution in [-0.4, -0.2) is 20.6 Å². The van der Waals surface area contributed by atoms with Crippen molar-refractivity contribution in [3.63, 3.8) is 0 Å². The van der Waals surface area contributed by atoms with Gasteiger partial charge in [-0.1, -0.05) is 18.2 Å². The topological polar surface area (TPSA) is 72.2 Å². The van der Waals surface area contributed by atoms with Crippen molar-refractivity contribution in [3.05, 3.63) is 76.1 Å². The molecule has 1 aromatic heterocycles. The zero-order valence-corrected chi connectivity index (χ0v) is 11.4. The smallest absolute Gasteiger partial charge is 0.338 e. The molecule has 1 N–H and O–H groups in total. The summed E-state index contributed by atoms with van der Waals surface area (Å²) < 4.78 is 15.1. The molecule has 0 aliphatic rings. The Morgan fingerprint density at radius 2 is 2.00 bits per heavy atom. The minimum atomic E-state index is -1.32. The minimum Gasteiger partial charge on any atom is -0.478 e. The highest BCUT2D eigenvalue weighted by atomic mass is 19.1. The summed E-state index contributed by atoms with van der Waals surface area (Å²) in [6.45, 7) is 0.286. The van der Waals surface area contributed by atoms with Crippen LogP contribution in [0.5, 0.6) is 0 Å². The van der Waals surface area contributed by atoms with Crippen LogP contribution in [-0.2, 0) is 6.54 Å². The van der Waals surface area contributed by atoms with Crippen molar-refractivity contribution in [3.8, 4) is 0 Å². The second-order valence-electron chi connectivity index (χ2n) is 4.81. The van der Waals surface area contributed by atoms with E-state index in [2.05, 4.69) is 4.98 Å². The predicted octanol–water partition coefficient (Wildman–Crippen LogP) is 2.28. The Kier molecular flexibility index (Phi) is 3.42. The van der Waals surface area contributed by atoms with Gasteiger partial charge in [0.05, 0.1) is 22.8 Å². The fraction of sp³-hybridized carbons (Fsp3) is 0.0625. The molecule has 0 fully saturated rings. The highest BCUT2D eigenvalue weighted by Gasteiger charge is 2.11. The lowest BCUT2D eigenvalue weighted by Crippen LogP contribution is -2.13. The van der Waals surface area contributed by atoms with Crippen LogP contribution >= 0.6 is 0 Å². The molecule has 0 aliphatic heterocycles. The number of benzene rings is 2. The molecule has 3 aromatic rings. The van der Waals surface area contributed by atoms with Crippen molar-refractivity contribution in [1.82, 2.24) is 9.55 Å². The molecular weight excluding hydrogens is 287 g/mol. The first-order valence-electron chi connectivity index (χ1n) is 6.52. The molecule has 2 aromatic carbocycles. The Balaban J connectivity index is 2.08. The number of hydrogen-bond donors (Lipinski definition) is 1. The third-order valence-electron chi connectivity index (χ3n) is 3.37. The van der Waals surface area contributed by atoms with Gasteiger partial charge in [0, 0.05) is 6.54 Å². The Morgan fingerprint density at radius 3 is 2.77 bits per heavy atom. The lowest BCUT2D eigenvalue weighted by Gasteiger charge is -2.10. The van der Waals surface area contributed by atoms with Gasteiger partial charge in [0.2, 0.25) is 0 Å². The van der Waals surface area contributed by atoms with Crippen LogP contribution in [0.25, 0.3) is 10.9 Å². The zero-order chi connectivity index (χ0) is 15.7. The maximum Gasteiger partial charge on any atom is 0.338 e. The van der Waals surface area contributed by atoms with Gasteiger partial charge in [0.25, 0.3) is 5.56 Å². The number of hydrogen-bond acceptors (Lipinski definition) is 3. The van der Waals surface area contributed by atoms with Crippen LogP contribution < -0.4 is 5.56 Å². The Bertz CT molecular complexity index is 934. The fourth-order valence-electron chi connectivity index (χ4n) is 2.32. The van der Waals surface area contributed by atoms with Crippen molar-refractivity contribution >= 4 is 16.9 Å². The third kappa shape index (κ3) is 2.46. The van der Waals surface area contributed by atoms with E-state index < -0.39 is 11.8 Å². The summed E-state index contributed by atoms with van der Waals surface area (Å²) >= 11 is 0. The van der Waals surface area contributed by atoms with E-state index in [0.717, 1.165) is 6.07 Å². The summed E-state index contributed by atoms with van der Waals surface area (Å²) in [4.78, 5) is 26.5. The Labute approximate surface area is 124 Å². The van der Waals surface area contributed by atoms with Gasteiger partial charge in [0.15, 0.2) is 0 Å². The lowest BCUT2D eigenvalue weighted by atomic mass is 10.1. The van der Waals surface area contributed by atoms with Crippen LogP contribution in [0.3, 0.4) is 0 Å². The minimum absolute atomic E-state index is 0.286. The SMILES string of the molecule is O=C(O)c1cc(Cn2cnc(=O)c3ccccc32)ccc1F. The van der Waals surface area contributed by atoms with E-state index >= 15 is 0 Å². The molecule has 0 aliphatic carbocycles. The molecule has 1 heterocycles. The van der Waals surface area contributed by atoms with Crippen LogP contribution in [0, 0.1) is 5.82 Å². The van der Waals surface area contributed by atoms with Gasteiger partial charge < -0.3 is 9.67 Å². The second kappa shape index (κ2) is 5.40. The van der Waals surface area contributed by atoms with Gasteiger partial charge in [-0.15, -0.1) is 0 Å². The van der Waals surface area contributed by atoms with Crippen molar-refractivity contribution in [2.45, 2.75) is 6.54 Å². The molecule has 0 radical (unpaired) electrons. The van der Waals surface area contributed by atoms with Crippen molar-refractivity contribution in [1.29, 1.82) is 0 Å². The van der Waals surface area contributed by atoms with Crippen LogP contribution in [0.15, 0.2) is 53.6 Å². The van der Waals surface area contributed by atoms with E-state index in [-0.39, 0.29) is 17.7 Å². The number of fused-ring (bicyclic) bond motifs is 1. The number of para-hydroxylation sites is 1. The molecule has 110 valence electrons. The molecule has 0 saturated heterocycles. The summed E-state index contributed by atoms with van der Waals surface area (Å²) in [7, 11) is 0. The lowest BCUT2D eigenvalue weighted by molar-refractivity contribution is 0.0691. The number of aromatic nitrogens is 2. The number of carboxylic acid groups (broad SMARTS) is 1. The molecule has 0 spiro atoms. The molecule has 5 nitrogen and oxygen atoms in total. The molecule has 0 atom stereocenters. The maximum absolute atomic E-state index is 13.4. The number of rotatable bonds is 3. The Hall–Kier alpha value is -3.02. The fourth-order valence-corrected chi connectivity index (χ4v) is 2.32. The summed E-state index contributed by atoms with van der Waals surface area (Å²) in [6, 6.07) is 10.9. The second-order valence-corrected chi connectivity index (χ2v) is 4.81. The van der Waals surface area contributed by atoms with Gasteiger partial charge >= 0.3 is 5.97 Å². The summed E-state index contributed by atoms with van der Waals surface area (Å²) in [5, 5.41) is 9.44. The molecule has 0 saturated carbocycles. The van der Waals surface area contributed by atoms with Crippen molar-refractivity contribution in [2.24, 2.45) is 0 Å². The van der Waals surface area contributed by atoms with Crippen LogP contribution in [0.2, 0.25) is 0 Å². The number of carbonyl (C=O) groups is 1. The number of aromatic carboxylic acids is 1. The molecule has 0 bridgehead atoms. The quantitative estimate of drug-likeness (QED) is 0.805. The van der Waals surface area contributed by atoms with E-state index in [4.69, 9.17) is 5.11 Å². The van der Waals surface area contributed by atoms with E-state index in [9.17, 15) is 14.0 Å². The van der Waals surface area contributed by atoms with E-state index in [1.165, 1.54) is 18.5 Å². The van der Waals surface area contributed by atoms with Gasteiger partial charge in [0.1, 0.15) is 5.82 Å². The van der Waals surface area contributed by atoms with E-state index in [1.54, 1.807) is 28.8 Å². The zero-order valence-electron chi connectivity index (χ0n) is 11.4. The average molecular weight is 298 g/mol. The molecule has 0 unspecified atom stereocenters. The van der Waals surface area contributed by atoms with E-state index in [1.807, 2.05) is 0 Å². The highest BCUT2D eigenvalue weighted by Crippen LogP contribution is 2.14. The third-order valence-corrected chi connectivity index (χ3v) is 3.37. The molecule has 6 heteroatoms. The standard InChI is InChI=1S/C16H11FN2O3/c17-13-6-5-10(7-12(13)16(21)22)8-19-9-18-15(20)11-3-1-2-4-14(11)19/h1-7,9H,8H2,(H,21,22). The first kappa shape index (κ1) is 13.9. The molecular formula is C16H11FN2O3. The van der Waals surface area contributed by atoms with Crippen molar-refractivity contribution < 1.29 is 14.3 Å². The van der Waals surface area contributed by atoms with Gasteiger partial charge in [-0.05, 0) is 29.8 Å². The number of halogens is 1. The number of carboxylic acids is 1. The van der Waals surface area contributed by atoms with Gasteiger partial charge in [-0.2, -0.15) is 4.98 Å². The summed E-state index contributed by atoms with van der Waals surface area (Å²) in [6.07, 6.45) is 1.40. The molecule has 0 amide bonds. The largest absolute Gasteiger partial charge is 0.478 e. The van der Waals surface area contributed by atoms with Crippen LogP contribution in [0.1, 0.15) is 15.9 Å². The van der Waals surface area contributed by atoms with Gasteiger partial charge in [-0.3, -0.25) is 4.79 Å². The monoisotopic (exact) mass is 298 g/mol. The van der Waals surface area contributed by atoms with Crippen LogP contribution in [0.4, 0.5) is 4.39 Å². The Morgan fingerprint density at radius 1 is 1.23 bits per heavy atom. The average Bonchev–Trinajstić information content (AvgIpc) is 2.52. The van der Waals surface area contributed by atoms with Gasteiger partial charge in [-0.25, -0.2) is 9.18 Å². The predicted molar refractivity (Wildman–Crippen MR) is 78.5 cm³/mol. The molecule has 3 rings (SSSR count). The van der Waals surface area contributed by atoms with E-state index in [0.29, 0.717) is 16.5 Å². The first-order chi connectivity index (χ1) is 10.6. The number of nitrogens with zero attached hydrogens (tertiary/aromatic N) is 2. The normalized spacial score (nSPS) is 10.8. The summed E-state index contributed by atoms with van der Waals surface area (Å²) in [5.41, 5.74) is 0.589. The summed E-state index contributed by atoms with van der Waals surface area (Å²) in [5.74, 6) is -2.10. The first-order valence-corrected chi connectivity index (χ1v) is 6.52. The van der Waals surface area contributed by atoms with Crippen molar-refractivity contribution in [2.75, 3.05) is 0 Å².